The molecule has 0 saturated heterocycles. The van der Waals surface area contributed by atoms with Crippen LogP contribution >= 0.6 is 11.6 Å². The third-order valence-corrected chi connectivity index (χ3v) is 2.08. The third-order valence-electron chi connectivity index (χ3n) is 1.72. The predicted octanol–water partition coefficient (Wildman–Crippen LogP) is 3.05. The molecule has 1 nitrogen and oxygen atoms in total. The Kier molecular flexibility index (Phi) is 2.93. The molecular formula is C9H10ClFO. The van der Waals surface area contributed by atoms with Crippen LogP contribution in [0.2, 0.25) is 5.02 Å². The van der Waals surface area contributed by atoms with Gasteiger partial charge in [0.05, 0.1) is 7.11 Å². The lowest BCUT2D eigenvalue weighted by Crippen LogP contribution is -1.94. The van der Waals surface area contributed by atoms with Crippen LogP contribution < -0.4 is 4.74 Å². The van der Waals surface area contributed by atoms with Crippen LogP contribution in [0.1, 0.15) is 12.5 Å². The van der Waals surface area contributed by atoms with Gasteiger partial charge < -0.3 is 4.74 Å². The highest BCUT2D eigenvalue weighted by Gasteiger charge is 2.10. The Labute approximate surface area is 76.1 Å². The lowest BCUT2D eigenvalue weighted by atomic mass is 10.1. The van der Waals surface area contributed by atoms with Crippen LogP contribution in [0.25, 0.3) is 0 Å². The molecule has 1 aromatic carbocycles. The second-order valence-electron chi connectivity index (χ2n) is 2.40. The van der Waals surface area contributed by atoms with Crippen molar-refractivity contribution in [2.75, 3.05) is 7.11 Å². The van der Waals surface area contributed by atoms with Crippen molar-refractivity contribution in [1.29, 1.82) is 0 Å². The molecule has 0 radical (unpaired) electrons. The highest BCUT2D eigenvalue weighted by molar-refractivity contribution is 6.31. The largest absolute Gasteiger partial charge is 0.494 e. The Morgan fingerprint density at radius 1 is 1.50 bits per heavy atom. The Balaban J connectivity index is 3.24. The maximum Gasteiger partial charge on any atom is 0.169 e. The molecular weight excluding hydrogens is 179 g/mol. The summed E-state index contributed by atoms with van der Waals surface area (Å²) in [4.78, 5) is 0. The normalized spacial score (nSPS) is 10.0. The number of methoxy groups -OCH3 is 1. The highest BCUT2D eigenvalue weighted by Crippen LogP contribution is 2.27. The summed E-state index contributed by atoms with van der Waals surface area (Å²) in [6.45, 7) is 1.85. The Bertz CT molecular complexity index is 286. The molecule has 0 amide bonds. The van der Waals surface area contributed by atoms with Crippen LogP contribution in [0, 0.1) is 5.82 Å². The first-order valence-corrected chi connectivity index (χ1v) is 4.09. The summed E-state index contributed by atoms with van der Waals surface area (Å²) >= 11 is 5.76. The number of halogens is 2. The van der Waals surface area contributed by atoms with Gasteiger partial charge in [0.2, 0.25) is 0 Å². The maximum atomic E-state index is 13.3. The molecule has 1 aromatic rings. The number of hydrogen-bond donors (Lipinski definition) is 0. The summed E-state index contributed by atoms with van der Waals surface area (Å²) < 4.78 is 18.1. The SMILES string of the molecule is CCc1c(Cl)ccc(OC)c1F. The van der Waals surface area contributed by atoms with Gasteiger partial charge in [-0.2, -0.15) is 0 Å². The molecule has 0 aliphatic heterocycles. The van der Waals surface area contributed by atoms with E-state index < -0.39 is 0 Å². The van der Waals surface area contributed by atoms with E-state index in [2.05, 4.69) is 0 Å². The van der Waals surface area contributed by atoms with Gasteiger partial charge in [0.1, 0.15) is 0 Å². The fourth-order valence-corrected chi connectivity index (χ4v) is 1.34. The summed E-state index contributed by atoms with van der Waals surface area (Å²) in [5.41, 5.74) is 0.510. The molecule has 0 fully saturated rings. The molecule has 0 atom stereocenters. The van der Waals surface area contributed by atoms with E-state index in [1.807, 2.05) is 6.92 Å². The zero-order valence-corrected chi connectivity index (χ0v) is 7.78. The van der Waals surface area contributed by atoms with Crippen molar-refractivity contribution in [2.24, 2.45) is 0 Å². The van der Waals surface area contributed by atoms with Gasteiger partial charge in [-0.05, 0) is 18.6 Å². The van der Waals surface area contributed by atoms with Gasteiger partial charge in [-0.15, -0.1) is 0 Å². The third kappa shape index (κ3) is 1.53. The Morgan fingerprint density at radius 3 is 2.67 bits per heavy atom. The van der Waals surface area contributed by atoms with E-state index in [4.69, 9.17) is 16.3 Å². The van der Waals surface area contributed by atoms with Gasteiger partial charge >= 0.3 is 0 Å². The van der Waals surface area contributed by atoms with Crippen molar-refractivity contribution in [3.8, 4) is 5.75 Å². The zero-order valence-electron chi connectivity index (χ0n) is 7.03. The van der Waals surface area contributed by atoms with Gasteiger partial charge in [-0.3, -0.25) is 0 Å². The molecule has 0 aliphatic rings. The Morgan fingerprint density at radius 2 is 2.17 bits per heavy atom. The summed E-state index contributed by atoms with van der Waals surface area (Å²) in [6.07, 6.45) is 0.571. The van der Waals surface area contributed by atoms with Gasteiger partial charge in [0, 0.05) is 10.6 Å². The van der Waals surface area contributed by atoms with Gasteiger partial charge in [-0.25, -0.2) is 4.39 Å². The van der Waals surface area contributed by atoms with Crippen LogP contribution in [0.15, 0.2) is 12.1 Å². The standard InChI is InChI=1S/C9H10ClFO/c1-3-6-7(10)4-5-8(12-2)9(6)11/h4-5H,3H2,1-2H3. The van der Waals surface area contributed by atoms with E-state index in [1.165, 1.54) is 13.2 Å². The Hall–Kier alpha value is -0.760. The van der Waals surface area contributed by atoms with Crippen molar-refractivity contribution >= 4 is 11.6 Å². The fourth-order valence-electron chi connectivity index (χ4n) is 1.06. The first-order valence-electron chi connectivity index (χ1n) is 3.71. The van der Waals surface area contributed by atoms with E-state index in [0.29, 0.717) is 17.0 Å². The van der Waals surface area contributed by atoms with Crippen molar-refractivity contribution in [1.82, 2.24) is 0 Å². The van der Waals surface area contributed by atoms with Crippen molar-refractivity contribution in [2.45, 2.75) is 13.3 Å². The molecule has 0 unspecified atom stereocenters. The van der Waals surface area contributed by atoms with E-state index in [-0.39, 0.29) is 11.6 Å². The smallest absolute Gasteiger partial charge is 0.169 e. The summed E-state index contributed by atoms with van der Waals surface area (Å²) in [7, 11) is 1.44. The van der Waals surface area contributed by atoms with E-state index in [0.717, 1.165) is 0 Å². The maximum absolute atomic E-state index is 13.3. The minimum absolute atomic E-state index is 0.247. The molecule has 0 aliphatic carbocycles. The molecule has 1 rings (SSSR count). The van der Waals surface area contributed by atoms with Crippen LogP contribution in [0.4, 0.5) is 4.39 Å². The molecule has 66 valence electrons. The minimum atomic E-state index is -0.354. The zero-order chi connectivity index (χ0) is 9.14. The van der Waals surface area contributed by atoms with E-state index in [1.54, 1.807) is 6.07 Å². The first kappa shape index (κ1) is 9.33. The van der Waals surface area contributed by atoms with E-state index >= 15 is 0 Å². The molecule has 0 aromatic heterocycles. The van der Waals surface area contributed by atoms with Crippen LogP contribution in [0.5, 0.6) is 5.75 Å². The van der Waals surface area contributed by atoms with Gasteiger partial charge in [-0.1, -0.05) is 18.5 Å². The van der Waals surface area contributed by atoms with Crippen molar-refractivity contribution in [3.63, 3.8) is 0 Å². The molecule has 3 heteroatoms. The molecule has 0 heterocycles. The van der Waals surface area contributed by atoms with Crippen LogP contribution in [0.3, 0.4) is 0 Å². The molecule has 0 spiro atoms. The fraction of sp³-hybridized carbons (Fsp3) is 0.333. The molecule has 0 bridgehead atoms. The minimum Gasteiger partial charge on any atom is -0.494 e. The first-order chi connectivity index (χ1) is 5.70. The summed E-state index contributed by atoms with van der Waals surface area (Å²) in [6, 6.07) is 3.17. The van der Waals surface area contributed by atoms with Gasteiger partial charge in [0.15, 0.2) is 11.6 Å². The number of ether oxygens (including phenoxy) is 1. The topological polar surface area (TPSA) is 9.23 Å². The van der Waals surface area contributed by atoms with Crippen LogP contribution in [-0.4, -0.2) is 7.11 Å². The second-order valence-corrected chi connectivity index (χ2v) is 2.80. The van der Waals surface area contributed by atoms with Crippen molar-refractivity contribution < 1.29 is 9.13 Å². The van der Waals surface area contributed by atoms with Crippen LogP contribution in [-0.2, 0) is 6.42 Å². The second kappa shape index (κ2) is 3.76. The van der Waals surface area contributed by atoms with E-state index in [9.17, 15) is 4.39 Å². The quantitative estimate of drug-likeness (QED) is 0.693. The monoisotopic (exact) mass is 188 g/mol. The predicted molar refractivity (Wildman–Crippen MR) is 47.3 cm³/mol. The average molecular weight is 189 g/mol. The summed E-state index contributed by atoms with van der Waals surface area (Å²) in [5, 5.41) is 0.454. The lowest BCUT2D eigenvalue weighted by molar-refractivity contribution is 0.384. The number of benzene rings is 1. The highest BCUT2D eigenvalue weighted by atomic mass is 35.5. The number of rotatable bonds is 2. The van der Waals surface area contributed by atoms with Crippen molar-refractivity contribution in [3.05, 3.63) is 28.5 Å². The lowest BCUT2D eigenvalue weighted by Gasteiger charge is -2.06. The summed E-state index contributed by atoms with van der Waals surface area (Å²) in [5.74, 6) is -0.108. The molecule has 0 N–H and O–H groups in total. The number of hydrogen-bond acceptors (Lipinski definition) is 1. The molecule has 0 saturated carbocycles. The van der Waals surface area contributed by atoms with Gasteiger partial charge in [0.25, 0.3) is 0 Å². The molecule has 12 heavy (non-hydrogen) atoms. The average Bonchev–Trinajstić information content (AvgIpc) is 2.06.